The molecule has 0 aliphatic carbocycles. The van der Waals surface area contributed by atoms with Crippen molar-refractivity contribution in [3.05, 3.63) is 29.8 Å². The fourth-order valence-electron chi connectivity index (χ4n) is 2.20. The van der Waals surface area contributed by atoms with Gasteiger partial charge < -0.3 is 5.32 Å². The van der Waals surface area contributed by atoms with Gasteiger partial charge in [0.2, 0.25) is 15.9 Å². The first kappa shape index (κ1) is 19.6. The molecule has 0 saturated carbocycles. The van der Waals surface area contributed by atoms with E-state index in [0.717, 1.165) is 12.0 Å². The molecule has 5 nitrogen and oxygen atoms in total. The van der Waals surface area contributed by atoms with Gasteiger partial charge in [0.05, 0.1) is 10.9 Å². The average molecular weight is 340 g/mol. The Bertz CT molecular complexity index is 641. The smallest absolute Gasteiger partial charge is 0.242 e. The first-order valence-electron chi connectivity index (χ1n) is 7.94. The lowest BCUT2D eigenvalue weighted by Gasteiger charge is -2.22. The topological polar surface area (TPSA) is 66.5 Å². The molecule has 0 saturated heterocycles. The Kier molecular flexibility index (Phi) is 6.77. The van der Waals surface area contributed by atoms with Crippen LogP contribution in [0.5, 0.6) is 0 Å². The Hall–Kier alpha value is -1.40. The summed E-state index contributed by atoms with van der Waals surface area (Å²) in [6, 6.07) is 6.47. The molecule has 0 radical (unpaired) electrons. The van der Waals surface area contributed by atoms with Crippen molar-refractivity contribution in [2.75, 3.05) is 14.1 Å². The summed E-state index contributed by atoms with van der Waals surface area (Å²) >= 11 is 0. The van der Waals surface area contributed by atoms with Crippen LogP contribution in [0.15, 0.2) is 29.2 Å². The number of carbonyl (C=O) groups is 1. The molecule has 1 N–H and O–H groups in total. The molecule has 130 valence electrons. The Balaban J connectivity index is 2.94. The van der Waals surface area contributed by atoms with E-state index in [1.807, 2.05) is 19.9 Å². The Morgan fingerprint density at radius 2 is 1.83 bits per heavy atom. The first-order valence-corrected chi connectivity index (χ1v) is 9.38. The van der Waals surface area contributed by atoms with E-state index in [2.05, 4.69) is 19.2 Å². The van der Waals surface area contributed by atoms with E-state index >= 15 is 0 Å². The molecule has 0 bridgehead atoms. The molecular formula is C17H28N2O3S. The van der Waals surface area contributed by atoms with Gasteiger partial charge in [0.1, 0.15) is 0 Å². The number of hydrogen-bond acceptors (Lipinski definition) is 3. The van der Waals surface area contributed by atoms with E-state index in [0.29, 0.717) is 5.92 Å². The van der Waals surface area contributed by atoms with Crippen molar-refractivity contribution in [3.8, 4) is 0 Å². The van der Waals surface area contributed by atoms with Gasteiger partial charge in [0.25, 0.3) is 0 Å². The van der Waals surface area contributed by atoms with E-state index in [1.165, 1.54) is 18.4 Å². The van der Waals surface area contributed by atoms with Gasteiger partial charge in [-0.05, 0) is 30.5 Å². The molecule has 0 unspecified atom stereocenters. The van der Waals surface area contributed by atoms with Gasteiger partial charge in [-0.2, -0.15) is 0 Å². The molecule has 3 atom stereocenters. The van der Waals surface area contributed by atoms with Crippen molar-refractivity contribution in [1.29, 1.82) is 0 Å². The summed E-state index contributed by atoms with van der Waals surface area (Å²) in [4.78, 5) is 12.5. The molecule has 0 aliphatic rings. The Morgan fingerprint density at radius 3 is 2.35 bits per heavy atom. The van der Waals surface area contributed by atoms with Gasteiger partial charge in [0, 0.05) is 20.0 Å². The maximum atomic E-state index is 12.3. The highest BCUT2D eigenvalue weighted by molar-refractivity contribution is 7.89. The molecule has 0 fully saturated rings. The highest BCUT2D eigenvalue weighted by Crippen LogP contribution is 2.21. The lowest BCUT2D eigenvalue weighted by molar-refractivity contribution is -0.126. The third kappa shape index (κ3) is 4.78. The van der Waals surface area contributed by atoms with Gasteiger partial charge in [-0.3, -0.25) is 4.79 Å². The minimum atomic E-state index is -3.47. The van der Waals surface area contributed by atoms with Crippen LogP contribution in [0, 0.1) is 11.8 Å². The van der Waals surface area contributed by atoms with Crippen molar-refractivity contribution in [2.45, 2.75) is 45.1 Å². The minimum Gasteiger partial charge on any atom is -0.349 e. The normalized spacial score (nSPS) is 16.0. The van der Waals surface area contributed by atoms with Gasteiger partial charge in [-0.1, -0.05) is 39.3 Å². The fourth-order valence-corrected chi connectivity index (χ4v) is 3.15. The zero-order valence-electron chi connectivity index (χ0n) is 14.8. The van der Waals surface area contributed by atoms with Crippen LogP contribution >= 0.6 is 0 Å². The molecule has 6 heteroatoms. The predicted molar refractivity (Wildman–Crippen MR) is 92.5 cm³/mol. The van der Waals surface area contributed by atoms with E-state index in [9.17, 15) is 13.2 Å². The number of carbonyl (C=O) groups excluding carboxylic acids is 1. The Morgan fingerprint density at radius 1 is 1.22 bits per heavy atom. The van der Waals surface area contributed by atoms with E-state index in [4.69, 9.17) is 0 Å². The number of hydrogen-bond donors (Lipinski definition) is 1. The summed E-state index contributed by atoms with van der Waals surface area (Å²) in [7, 11) is -0.472. The predicted octanol–water partition coefficient (Wildman–Crippen LogP) is 2.80. The number of nitrogens with one attached hydrogen (secondary N) is 1. The van der Waals surface area contributed by atoms with Crippen LogP contribution in [-0.4, -0.2) is 32.7 Å². The second-order valence-corrected chi connectivity index (χ2v) is 8.42. The highest BCUT2D eigenvalue weighted by Gasteiger charge is 2.22. The van der Waals surface area contributed by atoms with Crippen LogP contribution in [0.1, 0.15) is 45.7 Å². The number of amides is 1. The van der Waals surface area contributed by atoms with Crippen molar-refractivity contribution in [1.82, 2.24) is 9.62 Å². The van der Waals surface area contributed by atoms with Crippen LogP contribution in [0.4, 0.5) is 0 Å². The van der Waals surface area contributed by atoms with Crippen LogP contribution in [0.2, 0.25) is 0 Å². The van der Waals surface area contributed by atoms with Gasteiger partial charge >= 0.3 is 0 Å². The van der Waals surface area contributed by atoms with E-state index < -0.39 is 10.0 Å². The summed E-state index contributed by atoms with van der Waals surface area (Å²) in [6.07, 6.45) is 0.944. The number of sulfonamides is 1. The third-order valence-electron chi connectivity index (χ3n) is 4.41. The summed E-state index contributed by atoms with van der Waals surface area (Å²) in [5, 5.41) is 2.97. The maximum absolute atomic E-state index is 12.3. The summed E-state index contributed by atoms with van der Waals surface area (Å²) in [5.41, 5.74) is 0.776. The molecule has 1 rings (SSSR count). The molecule has 23 heavy (non-hydrogen) atoms. The summed E-state index contributed by atoms with van der Waals surface area (Å²) < 4.78 is 25.6. The van der Waals surface area contributed by atoms with E-state index in [-0.39, 0.29) is 22.8 Å². The number of rotatable bonds is 7. The lowest BCUT2D eigenvalue weighted by Crippen LogP contribution is -2.34. The van der Waals surface area contributed by atoms with Crippen molar-refractivity contribution in [3.63, 3.8) is 0 Å². The zero-order valence-corrected chi connectivity index (χ0v) is 15.6. The lowest BCUT2D eigenvalue weighted by atomic mass is 9.92. The second-order valence-electron chi connectivity index (χ2n) is 6.26. The van der Waals surface area contributed by atoms with Crippen molar-refractivity contribution >= 4 is 15.9 Å². The quantitative estimate of drug-likeness (QED) is 0.830. The zero-order chi connectivity index (χ0) is 17.8. The standard InChI is InChI=1S/C17H28N2O3S/c1-7-12(2)13(3)17(20)18-14(4)15-9-8-10-16(11-15)23(21,22)19(5)6/h8-14H,7H2,1-6H3,(H,18,20)/t12-,13+,14-/m0/s1. The number of benzene rings is 1. The monoisotopic (exact) mass is 340 g/mol. The summed E-state index contributed by atoms with van der Waals surface area (Å²) in [6.45, 7) is 7.90. The van der Waals surface area contributed by atoms with Crippen molar-refractivity contribution < 1.29 is 13.2 Å². The average Bonchev–Trinajstić information content (AvgIpc) is 2.53. The molecule has 0 aromatic heterocycles. The fraction of sp³-hybridized carbons (Fsp3) is 0.588. The van der Waals surface area contributed by atoms with Crippen molar-refractivity contribution in [2.24, 2.45) is 11.8 Å². The van der Waals surface area contributed by atoms with Crippen LogP contribution in [0.3, 0.4) is 0 Å². The molecule has 1 amide bonds. The van der Waals surface area contributed by atoms with Crippen LogP contribution < -0.4 is 5.32 Å². The first-order chi connectivity index (χ1) is 10.6. The van der Waals surface area contributed by atoms with Gasteiger partial charge in [0.15, 0.2) is 0 Å². The number of nitrogens with zero attached hydrogens (tertiary/aromatic N) is 1. The van der Waals surface area contributed by atoms with E-state index in [1.54, 1.807) is 18.2 Å². The maximum Gasteiger partial charge on any atom is 0.242 e. The molecule has 0 spiro atoms. The highest BCUT2D eigenvalue weighted by atomic mass is 32.2. The SMILES string of the molecule is CC[C@H](C)[C@@H](C)C(=O)N[C@@H](C)c1cccc(S(=O)(=O)N(C)C)c1. The molecule has 0 heterocycles. The Labute approximate surface area is 140 Å². The minimum absolute atomic E-state index is 0.00674. The van der Waals surface area contributed by atoms with Gasteiger partial charge in [-0.15, -0.1) is 0 Å². The second kappa shape index (κ2) is 7.93. The molecular weight excluding hydrogens is 312 g/mol. The molecule has 0 aliphatic heterocycles. The van der Waals surface area contributed by atoms with Gasteiger partial charge in [-0.25, -0.2) is 12.7 Å². The molecule has 1 aromatic rings. The third-order valence-corrected chi connectivity index (χ3v) is 6.22. The largest absolute Gasteiger partial charge is 0.349 e. The van der Waals surface area contributed by atoms with Crippen LogP contribution in [-0.2, 0) is 14.8 Å². The summed E-state index contributed by atoms with van der Waals surface area (Å²) in [5.74, 6) is 0.228. The molecule has 1 aromatic carbocycles. The van der Waals surface area contributed by atoms with Crippen LogP contribution in [0.25, 0.3) is 0 Å².